The van der Waals surface area contributed by atoms with Crippen molar-refractivity contribution in [3.63, 3.8) is 0 Å². The molecule has 0 saturated carbocycles. The van der Waals surface area contributed by atoms with Gasteiger partial charge < -0.3 is 45.0 Å². The van der Waals surface area contributed by atoms with Crippen LogP contribution in [0.2, 0.25) is 0 Å². The van der Waals surface area contributed by atoms with E-state index in [0.29, 0.717) is 73.9 Å². The molecule has 1 aromatic heterocycles. The molecule has 2 aromatic rings. The molecular weight excluding hydrogens is 680 g/mol. The van der Waals surface area contributed by atoms with Gasteiger partial charge in [-0.05, 0) is 44.4 Å². The summed E-state index contributed by atoms with van der Waals surface area (Å²) in [5.74, 6) is 0.809. The number of carbonyl (C=O) groups is 1. The Balaban J connectivity index is 0.000000457. The molecule has 2 unspecified atom stereocenters. The molecule has 1 saturated heterocycles. The molecule has 278 valence electrons. The summed E-state index contributed by atoms with van der Waals surface area (Å²) in [6, 6.07) is 5.55. The van der Waals surface area contributed by atoms with Crippen LogP contribution in [0.5, 0.6) is 5.75 Å². The number of benzene rings is 1. The van der Waals surface area contributed by atoms with E-state index in [1.165, 1.54) is 0 Å². The molecule has 0 amide bonds. The van der Waals surface area contributed by atoms with Gasteiger partial charge in [0.2, 0.25) is 0 Å². The van der Waals surface area contributed by atoms with Crippen molar-refractivity contribution in [1.82, 2.24) is 19.6 Å². The fourth-order valence-electron chi connectivity index (χ4n) is 4.75. The van der Waals surface area contributed by atoms with Crippen LogP contribution in [0.4, 0.5) is 5.69 Å². The summed E-state index contributed by atoms with van der Waals surface area (Å²) in [7, 11) is 1.94. The van der Waals surface area contributed by atoms with Crippen molar-refractivity contribution in [2.24, 2.45) is 0 Å². The van der Waals surface area contributed by atoms with Crippen LogP contribution >= 0.6 is 0 Å². The highest BCUT2D eigenvalue weighted by atomic mass is 32.2. The van der Waals surface area contributed by atoms with Gasteiger partial charge in [-0.1, -0.05) is 19.8 Å². The van der Waals surface area contributed by atoms with Crippen LogP contribution in [-0.2, 0) is 30.2 Å². The number of unbranched alkanes of at least 4 members (excludes halogenated alkanes) is 2. The maximum Gasteiger partial charge on any atom is 0.294 e. The predicted molar refractivity (Wildman–Crippen MR) is 184 cm³/mol. The summed E-state index contributed by atoms with van der Waals surface area (Å²) in [6.07, 6.45) is 2.65. The Kier molecular flexibility index (Phi) is 18.5. The normalized spacial score (nSPS) is 13.9. The largest absolute Gasteiger partial charge is 0.493 e. The highest BCUT2D eigenvalue weighted by molar-refractivity contribution is 7.82. The third-order valence-electron chi connectivity index (χ3n) is 7.18. The minimum Gasteiger partial charge on any atom is -0.493 e. The van der Waals surface area contributed by atoms with Gasteiger partial charge in [-0.2, -0.15) is 0 Å². The summed E-state index contributed by atoms with van der Waals surface area (Å²) in [4.78, 5) is 58.9. The van der Waals surface area contributed by atoms with Gasteiger partial charge in [-0.25, -0.2) is 13.5 Å². The highest BCUT2D eigenvalue weighted by Gasteiger charge is 2.31. The molecular formula is C30H46N8O11S. The number of nitrogens with one attached hydrogen (secondary N) is 4. The molecule has 1 aliphatic rings. The number of aromatic nitrogens is 2. The van der Waals surface area contributed by atoms with Crippen LogP contribution in [0.1, 0.15) is 58.1 Å². The average molecular weight is 727 g/mol. The highest BCUT2D eigenvalue weighted by Crippen LogP contribution is 2.32. The molecule has 0 aliphatic carbocycles. The lowest BCUT2D eigenvalue weighted by Crippen LogP contribution is -2.58. The van der Waals surface area contributed by atoms with Crippen molar-refractivity contribution >= 4 is 28.7 Å². The summed E-state index contributed by atoms with van der Waals surface area (Å²) in [5.41, 5.74) is 1.01. The second kappa shape index (κ2) is 22.2. The quantitative estimate of drug-likeness (QED) is 0.0422. The van der Waals surface area contributed by atoms with E-state index in [0.717, 1.165) is 19.3 Å². The number of aldehydes is 1. The Hall–Kier alpha value is -4.53. The molecule has 19 nitrogen and oxygen atoms in total. The number of anilines is 1. The standard InChI is InChI=1S/C23H34N6O4S.C7H12N2O7/c1-5-7-18(24)20-21(25-3)23(30)28-22(27-20)17-12-16(8-9-19(17)33-6-2)34(31)29-13-15(14-29)26-10-11-32-4;10-5-3-1-2-4-7(16-9(13)14)6-15-8(11)12/h8-9,12,15,24-26H,5-7,10-11,13-14H2,1-4H3,(H,27,28,30);5,7H,1-4,6H2. The van der Waals surface area contributed by atoms with Crippen molar-refractivity contribution in [2.75, 3.05) is 58.9 Å². The zero-order chi connectivity index (χ0) is 37.1. The van der Waals surface area contributed by atoms with Crippen LogP contribution in [0.25, 0.3) is 11.4 Å². The van der Waals surface area contributed by atoms with Crippen LogP contribution in [-0.4, -0.2) is 106 Å². The van der Waals surface area contributed by atoms with Gasteiger partial charge in [0, 0.05) is 46.3 Å². The number of hydrogen-bond acceptors (Lipinski definition) is 15. The number of rotatable bonds is 23. The Morgan fingerprint density at radius 2 is 1.98 bits per heavy atom. The molecule has 50 heavy (non-hydrogen) atoms. The molecule has 2 heterocycles. The molecule has 2 atom stereocenters. The van der Waals surface area contributed by atoms with E-state index < -0.39 is 33.9 Å². The van der Waals surface area contributed by atoms with Crippen LogP contribution in [0, 0.1) is 25.6 Å². The molecule has 0 bridgehead atoms. The van der Waals surface area contributed by atoms with Gasteiger partial charge >= 0.3 is 0 Å². The zero-order valence-electron chi connectivity index (χ0n) is 28.6. The second-order valence-electron chi connectivity index (χ2n) is 10.9. The van der Waals surface area contributed by atoms with E-state index in [1.807, 2.05) is 18.2 Å². The molecule has 4 N–H and O–H groups in total. The first-order valence-corrected chi connectivity index (χ1v) is 17.2. The first-order chi connectivity index (χ1) is 24.0. The monoisotopic (exact) mass is 726 g/mol. The van der Waals surface area contributed by atoms with E-state index >= 15 is 0 Å². The summed E-state index contributed by atoms with van der Waals surface area (Å²) >= 11 is 0. The van der Waals surface area contributed by atoms with E-state index in [1.54, 1.807) is 32.4 Å². The van der Waals surface area contributed by atoms with E-state index in [-0.39, 0.29) is 35.2 Å². The number of aromatic amines is 1. The molecule has 1 aromatic carbocycles. The van der Waals surface area contributed by atoms with Crippen molar-refractivity contribution < 1.29 is 38.3 Å². The SMILES string of the molecule is CCCC(=N)c1nc(-c2cc(S(=O)N3CC(NCCOC)C3)ccc2OCC)[nH]c(=O)c1NC.O=CCCCCC(CO[N+](=O)[O-])O[N+](=O)[O-]. The second-order valence-corrected chi connectivity index (χ2v) is 12.4. The van der Waals surface area contributed by atoms with Crippen molar-refractivity contribution in [1.29, 1.82) is 5.41 Å². The number of nitrogens with zero attached hydrogens (tertiary/aromatic N) is 4. The molecule has 1 fully saturated rings. The molecule has 20 heteroatoms. The molecule has 1 aliphatic heterocycles. The summed E-state index contributed by atoms with van der Waals surface area (Å²) < 4.78 is 25.9. The third kappa shape index (κ3) is 13.4. The van der Waals surface area contributed by atoms with Crippen LogP contribution in [0.15, 0.2) is 27.9 Å². The smallest absolute Gasteiger partial charge is 0.294 e. The van der Waals surface area contributed by atoms with Crippen LogP contribution < -0.4 is 20.9 Å². The minimum absolute atomic E-state index is 0.225. The van der Waals surface area contributed by atoms with E-state index in [4.69, 9.17) is 14.9 Å². The van der Waals surface area contributed by atoms with Gasteiger partial charge in [0.05, 0.1) is 29.4 Å². The summed E-state index contributed by atoms with van der Waals surface area (Å²) in [6.45, 7) is 6.51. The predicted octanol–water partition coefficient (Wildman–Crippen LogP) is 2.52. The Morgan fingerprint density at radius 3 is 2.58 bits per heavy atom. The van der Waals surface area contributed by atoms with Crippen molar-refractivity contribution in [2.45, 2.75) is 69.4 Å². The number of methoxy groups -OCH3 is 1. The van der Waals surface area contributed by atoms with Gasteiger partial charge in [-0.3, -0.25) is 4.79 Å². The molecule has 3 rings (SSSR count). The fraction of sp³-hybridized carbons (Fsp3) is 0.600. The van der Waals surface area contributed by atoms with Crippen LogP contribution in [0.3, 0.4) is 0 Å². The molecule has 0 spiro atoms. The fourth-order valence-corrected chi connectivity index (χ4v) is 6.08. The van der Waals surface area contributed by atoms with Gasteiger partial charge in [0.1, 0.15) is 52.9 Å². The average Bonchev–Trinajstić information content (AvgIpc) is 3.06. The lowest BCUT2D eigenvalue weighted by atomic mass is 10.1. The molecule has 0 radical (unpaired) electrons. The zero-order valence-corrected chi connectivity index (χ0v) is 29.5. The number of hydrogen-bond donors (Lipinski definition) is 4. The van der Waals surface area contributed by atoms with Crippen molar-refractivity contribution in [3.8, 4) is 17.1 Å². The number of H-pyrrole nitrogens is 1. The first kappa shape index (κ1) is 41.6. The maximum absolute atomic E-state index is 13.2. The lowest BCUT2D eigenvalue weighted by Gasteiger charge is -2.38. The van der Waals surface area contributed by atoms with Gasteiger partial charge in [-0.15, -0.1) is 20.2 Å². The van der Waals surface area contributed by atoms with Gasteiger partial charge in [0.25, 0.3) is 15.7 Å². The Morgan fingerprint density at radius 1 is 1.24 bits per heavy atom. The third-order valence-corrected chi connectivity index (χ3v) is 8.61. The van der Waals surface area contributed by atoms with Gasteiger partial charge in [0.15, 0.2) is 0 Å². The summed E-state index contributed by atoms with van der Waals surface area (Å²) in [5, 5.41) is 32.5. The lowest BCUT2D eigenvalue weighted by molar-refractivity contribution is -0.790. The van der Waals surface area contributed by atoms with E-state index in [9.17, 15) is 34.0 Å². The topological polar surface area (TPSA) is 254 Å². The first-order valence-electron chi connectivity index (χ1n) is 16.1. The minimum atomic E-state index is -1.36. The maximum atomic E-state index is 13.2. The number of carbonyl (C=O) groups excluding carboxylic acids is 1. The van der Waals surface area contributed by atoms with E-state index in [2.05, 4.69) is 30.3 Å². The Labute approximate surface area is 291 Å². The van der Waals surface area contributed by atoms with Crippen molar-refractivity contribution in [3.05, 3.63) is 54.5 Å². The Bertz CT molecular complexity index is 1500. The number of ether oxygens (including phenoxy) is 2.